The normalized spacial score (nSPS) is 19.1. The molecule has 25 heavy (non-hydrogen) atoms. The van der Waals surface area contributed by atoms with E-state index in [1.807, 2.05) is 12.1 Å². The van der Waals surface area contributed by atoms with Gasteiger partial charge in [0.05, 0.1) is 19.5 Å². The average molecular weight is 351 g/mol. The zero-order valence-electron chi connectivity index (χ0n) is 15.6. The second kappa shape index (κ2) is 11.9. The van der Waals surface area contributed by atoms with E-state index in [0.29, 0.717) is 12.0 Å². The first kappa shape index (κ1) is 19.8. The number of rotatable bonds is 11. The SMILES string of the molecule is CCC(C)NC(=NCCCOCC1CCOC1)NCCc1ccco1. The molecule has 0 radical (unpaired) electrons. The third kappa shape index (κ3) is 8.40. The molecule has 0 saturated carbocycles. The first-order chi connectivity index (χ1) is 12.3. The van der Waals surface area contributed by atoms with Crippen molar-refractivity contribution in [3.05, 3.63) is 24.2 Å². The summed E-state index contributed by atoms with van der Waals surface area (Å²) in [6.45, 7) is 9.18. The molecule has 6 nitrogen and oxygen atoms in total. The van der Waals surface area contributed by atoms with Crippen LogP contribution in [0, 0.1) is 5.92 Å². The van der Waals surface area contributed by atoms with Gasteiger partial charge in [0, 0.05) is 44.7 Å². The number of hydrogen-bond acceptors (Lipinski definition) is 4. The highest BCUT2D eigenvalue weighted by Gasteiger charge is 2.15. The first-order valence-corrected chi connectivity index (χ1v) is 9.50. The lowest BCUT2D eigenvalue weighted by Crippen LogP contribution is -2.42. The molecule has 6 heteroatoms. The number of ether oxygens (including phenoxy) is 2. The van der Waals surface area contributed by atoms with Crippen LogP contribution in [-0.2, 0) is 15.9 Å². The smallest absolute Gasteiger partial charge is 0.191 e. The van der Waals surface area contributed by atoms with Gasteiger partial charge in [-0.05, 0) is 38.3 Å². The molecule has 2 rings (SSSR count). The standard InChI is InChI=1S/C19H33N3O3/c1-3-16(2)22-19(21-10-7-18-6-4-12-25-18)20-9-5-11-23-14-17-8-13-24-15-17/h4,6,12,16-17H,3,5,7-11,13-15H2,1-2H3,(H2,20,21,22). The summed E-state index contributed by atoms with van der Waals surface area (Å²) in [6.07, 6.45) is 5.67. The molecular formula is C19H33N3O3. The average Bonchev–Trinajstić information content (AvgIpc) is 3.31. The minimum absolute atomic E-state index is 0.397. The number of aliphatic imine (C=N–C) groups is 1. The fourth-order valence-electron chi connectivity index (χ4n) is 2.57. The van der Waals surface area contributed by atoms with Gasteiger partial charge < -0.3 is 24.5 Å². The monoisotopic (exact) mass is 351 g/mol. The summed E-state index contributed by atoms with van der Waals surface area (Å²) in [4.78, 5) is 4.66. The van der Waals surface area contributed by atoms with E-state index in [9.17, 15) is 0 Å². The van der Waals surface area contributed by atoms with Crippen LogP contribution in [-0.4, -0.2) is 51.5 Å². The van der Waals surface area contributed by atoms with Crippen LogP contribution in [0.15, 0.2) is 27.8 Å². The van der Waals surface area contributed by atoms with Crippen LogP contribution in [0.5, 0.6) is 0 Å². The van der Waals surface area contributed by atoms with Gasteiger partial charge in [0.2, 0.25) is 0 Å². The molecule has 0 aliphatic carbocycles. The molecule has 2 N–H and O–H groups in total. The predicted molar refractivity (Wildman–Crippen MR) is 100.0 cm³/mol. The molecule has 1 aliphatic heterocycles. The molecule has 1 saturated heterocycles. The number of furan rings is 1. The van der Waals surface area contributed by atoms with Crippen molar-refractivity contribution >= 4 is 5.96 Å². The Bertz CT molecular complexity index is 470. The Balaban J connectivity index is 1.63. The lowest BCUT2D eigenvalue weighted by molar-refractivity contribution is 0.0893. The van der Waals surface area contributed by atoms with Crippen molar-refractivity contribution in [3.63, 3.8) is 0 Å². The maximum absolute atomic E-state index is 5.73. The molecule has 0 spiro atoms. The van der Waals surface area contributed by atoms with Crippen molar-refractivity contribution in [1.82, 2.24) is 10.6 Å². The molecule has 0 bridgehead atoms. The highest BCUT2D eigenvalue weighted by molar-refractivity contribution is 5.80. The maximum Gasteiger partial charge on any atom is 0.191 e. The lowest BCUT2D eigenvalue weighted by atomic mass is 10.1. The van der Waals surface area contributed by atoms with Crippen LogP contribution < -0.4 is 10.6 Å². The molecule has 142 valence electrons. The van der Waals surface area contributed by atoms with Gasteiger partial charge >= 0.3 is 0 Å². The molecule has 1 aromatic rings. The van der Waals surface area contributed by atoms with E-state index in [4.69, 9.17) is 13.9 Å². The Morgan fingerprint density at radius 3 is 3.12 bits per heavy atom. The zero-order chi connectivity index (χ0) is 17.7. The van der Waals surface area contributed by atoms with E-state index in [1.165, 1.54) is 0 Å². The van der Waals surface area contributed by atoms with E-state index in [0.717, 1.165) is 76.9 Å². The van der Waals surface area contributed by atoms with Gasteiger partial charge in [-0.1, -0.05) is 6.92 Å². The van der Waals surface area contributed by atoms with Crippen molar-refractivity contribution in [3.8, 4) is 0 Å². The minimum Gasteiger partial charge on any atom is -0.469 e. The van der Waals surface area contributed by atoms with Crippen molar-refractivity contribution < 1.29 is 13.9 Å². The lowest BCUT2D eigenvalue weighted by Gasteiger charge is -2.17. The number of nitrogens with one attached hydrogen (secondary N) is 2. The van der Waals surface area contributed by atoms with Crippen LogP contribution in [0.2, 0.25) is 0 Å². The molecular weight excluding hydrogens is 318 g/mol. The van der Waals surface area contributed by atoms with Gasteiger partial charge in [0.25, 0.3) is 0 Å². The van der Waals surface area contributed by atoms with Crippen LogP contribution in [0.1, 0.15) is 38.9 Å². The van der Waals surface area contributed by atoms with Crippen molar-refractivity contribution in [2.75, 3.05) is 39.5 Å². The van der Waals surface area contributed by atoms with Gasteiger partial charge in [-0.3, -0.25) is 4.99 Å². The van der Waals surface area contributed by atoms with Crippen LogP contribution in [0.25, 0.3) is 0 Å². The van der Waals surface area contributed by atoms with Gasteiger partial charge in [-0.25, -0.2) is 0 Å². The van der Waals surface area contributed by atoms with Gasteiger partial charge in [0.15, 0.2) is 5.96 Å². The van der Waals surface area contributed by atoms with Crippen molar-refractivity contribution in [2.24, 2.45) is 10.9 Å². The highest BCUT2D eigenvalue weighted by Crippen LogP contribution is 2.12. The second-order valence-corrected chi connectivity index (χ2v) is 6.60. The molecule has 0 aromatic carbocycles. The Morgan fingerprint density at radius 1 is 1.48 bits per heavy atom. The molecule has 1 aromatic heterocycles. The maximum atomic E-state index is 5.73. The first-order valence-electron chi connectivity index (χ1n) is 9.50. The molecule has 1 fully saturated rings. The quantitative estimate of drug-likeness (QED) is 0.364. The summed E-state index contributed by atoms with van der Waals surface area (Å²) in [6, 6.07) is 4.31. The fraction of sp³-hybridized carbons (Fsp3) is 0.737. The predicted octanol–water partition coefficient (Wildman–Crippen LogP) is 2.60. The molecule has 0 amide bonds. The Labute approximate surface area is 151 Å². The minimum atomic E-state index is 0.397. The summed E-state index contributed by atoms with van der Waals surface area (Å²) in [5.41, 5.74) is 0. The van der Waals surface area contributed by atoms with E-state index >= 15 is 0 Å². The Hall–Kier alpha value is -1.53. The van der Waals surface area contributed by atoms with Gasteiger partial charge in [-0.2, -0.15) is 0 Å². The number of hydrogen-bond donors (Lipinski definition) is 2. The molecule has 2 unspecified atom stereocenters. The number of nitrogens with zero attached hydrogens (tertiary/aromatic N) is 1. The van der Waals surface area contributed by atoms with Crippen LogP contribution in [0.4, 0.5) is 0 Å². The molecule has 1 aliphatic rings. The molecule has 2 atom stereocenters. The summed E-state index contributed by atoms with van der Waals surface area (Å²) >= 11 is 0. The van der Waals surface area contributed by atoms with Crippen LogP contribution in [0.3, 0.4) is 0 Å². The summed E-state index contributed by atoms with van der Waals surface area (Å²) in [5, 5.41) is 6.81. The largest absolute Gasteiger partial charge is 0.469 e. The summed E-state index contributed by atoms with van der Waals surface area (Å²) < 4.78 is 16.4. The Morgan fingerprint density at radius 2 is 2.40 bits per heavy atom. The topological polar surface area (TPSA) is 68.0 Å². The van der Waals surface area contributed by atoms with Gasteiger partial charge in [0.1, 0.15) is 5.76 Å². The van der Waals surface area contributed by atoms with E-state index in [2.05, 4.69) is 29.5 Å². The van der Waals surface area contributed by atoms with Crippen molar-refractivity contribution in [2.45, 2.75) is 45.6 Å². The zero-order valence-corrected chi connectivity index (χ0v) is 15.6. The van der Waals surface area contributed by atoms with Crippen molar-refractivity contribution in [1.29, 1.82) is 0 Å². The highest BCUT2D eigenvalue weighted by atomic mass is 16.5. The van der Waals surface area contributed by atoms with Gasteiger partial charge in [-0.15, -0.1) is 0 Å². The Kier molecular flexibility index (Phi) is 9.44. The number of guanidine groups is 1. The summed E-state index contributed by atoms with van der Waals surface area (Å²) in [7, 11) is 0. The van der Waals surface area contributed by atoms with Crippen LogP contribution >= 0.6 is 0 Å². The summed E-state index contributed by atoms with van der Waals surface area (Å²) in [5.74, 6) is 2.43. The third-order valence-electron chi connectivity index (χ3n) is 4.33. The van der Waals surface area contributed by atoms with E-state index < -0.39 is 0 Å². The second-order valence-electron chi connectivity index (χ2n) is 6.60. The third-order valence-corrected chi connectivity index (χ3v) is 4.33. The van der Waals surface area contributed by atoms with E-state index in [1.54, 1.807) is 6.26 Å². The van der Waals surface area contributed by atoms with E-state index in [-0.39, 0.29) is 0 Å². The fourth-order valence-corrected chi connectivity index (χ4v) is 2.57. The molecule has 2 heterocycles.